The number of hydrogen-bond acceptors (Lipinski definition) is 5. The van der Waals surface area contributed by atoms with Gasteiger partial charge in [-0.15, -0.1) is 9.24 Å². The number of hydrogen-bond donors (Lipinski definition) is 0. The standard InChI is InChI=1S/C28H28BClN3O2P/c1-18(14-21-7-9-25(28(29)34)31-19(21)2)16-33-12-10-20(11-13-33)24-4-3-5-27(32-24)35-17-22-6-8-23(30)15-26(22)36/h3-10,14-15H,11-13,16-17,36H2,1-2H3/b18-14+. The molecular weight excluding hydrogens is 488 g/mol. The second-order valence-electron chi connectivity index (χ2n) is 8.93. The Hall–Kier alpha value is -2.79. The molecule has 36 heavy (non-hydrogen) atoms. The molecule has 0 fully saturated rings. The van der Waals surface area contributed by atoms with Crippen LogP contribution in [-0.4, -0.2) is 48.0 Å². The summed E-state index contributed by atoms with van der Waals surface area (Å²) in [6.07, 6.45) is 5.29. The molecule has 0 bridgehead atoms. The van der Waals surface area contributed by atoms with Gasteiger partial charge in [-0.3, -0.25) is 9.88 Å². The zero-order valence-corrected chi connectivity index (χ0v) is 22.4. The zero-order chi connectivity index (χ0) is 25.7. The summed E-state index contributed by atoms with van der Waals surface area (Å²) >= 11 is 6.04. The van der Waals surface area contributed by atoms with E-state index in [2.05, 4.69) is 38.2 Å². The summed E-state index contributed by atoms with van der Waals surface area (Å²) in [7, 11) is 8.02. The average molecular weight is 516 g/mol. The Bertz CT molecular complexity index is 1340. The molecule has 5 nitrogen and oxygen atoms in total. The summed E-state index contributed by atoms with van der Waals surface area (Å²) in [6, 6.07) is 15.2. The summed E-state index contributed by atoms with van der Waals surface area (Å²) in [5, 5.41) is 1.73. The van der Waals surface area contributed by atoms with Gasteiger partial charge in [-0.2, -0.15) is 0 Å². The van der Waals surface area contributed by atoms with Gasteiger partial charge in [0.2, 0.25) is 5.88 Å². The Morgan fingerprint density at radius 1 is 1.22 bits per heavy atom. The molecular formula is C28H28BClN3O2P. The Labute approximate surface area is 221 Å². The maximum atomic E-state index is 11.3. The minimum atomic E-state index is -0.511. The van der Waals surface area contributed by atoms with E-state index in [0.717, 1.165) is 53.9 Å². The van der Waals surface area contributed by atoms with E-state index in [9.17, 15) is 4.79 Å². The van der Waals surface area contributed by atoms with Gasteiger partial charge in [-0.05, 0) is 66.5 Å². The molecule has 4 rings (SSSR count). The van der Waals surface area contributed by atoms with Crippen molar-refractivity contribution in [2.24, 2.45) is 0 Å². The normalized spacial score (nSPS) is 14.4. The van der Waals surface area contributed by atoms with Crippen molar-refractivity contribution in [1.82, 2.24) is 14.9 Å². The second-order valence-corrected chi connectivity index (χ2v) is 9.99. The molecule has 0 saturated heterocycles. The molecule has 8 heteroatoms. The van der Waals surface area contributed by atoms with Crippen LogP contribution < -0.4 is 10.0 Å². The number of pyridine rings is 2. The lowest BCUT2D eigenvalue weighted by molar-refractivity contribution is 0.107. The molecule has 1 aliphatic heterocycles. The smallest absolute Gasteiger partial charge is 0.214 e. The third-order valence-corrected chi connectivity index (χ3v) is 6.86. The molecule has 0 spiro atoms. The van der Waals surface area contributed by atoms with Crippen LogP contribution in [0, 0.1) is 6.92 Å². The molecule has 0 amide bonds. The fourth-order valence-corrected chi connectivity index (χ4v) is 4.78. The Balaban J connectivity index is 1.36. The first kappa shape index (κ1) is 26.3. The van der Waals surface area contributed by atoms with Crippen LogP contribution >= 0.6 is 20.8 Å². The van der Waals surface area contributed by atoms with Gasteiger partial charge in [0.1, 0.15) is 12.3 Å². The van der Waals surface area contributed by atoms with Gasteiger partial charge in [-0.25, -0.2) is 4.98 Å². The summed E-state index contributed by atoms with van der Waals surface area (Å²) in [5.74, 6) is 0.611. The monoisotopic (exact) mass is 515 g/mol. The molecule has 0 N–H and O–H groups in total. The van der Waals surface area contributed by atoms with Crippen LogP contribution in [-0.2, 0) is 6.61 Å². The van der Waals surface area contributed by atoms with Crippen LogP contribution in [0.15, 0.2) is 60.2 Å². The highest BCUT2D eigenvalue weighted by Crippen LogP contribution is 2.24. The number of nitrogens with zero attached hydrogens (tertiary/aromatic N) is 3. The van der Waals surface area contributed by atoms with E-state index < -0.39 is 5.68 Å². The molecule has 1 aliphatic rings. The maximum absolute atomic E-state index is 11.3. The molecule has 0 saturated carbocycles. The van der Waals surface area contributed by atoms with Gasteiger partial charge in [-0.1, -0.05) is 47.5 Å². The lowest BCUT2D eigenvalue weighted by Gasteiger charge is -2.26. The van der Waals surface area contributed by atoms with Gasteiger partial charge in [0.15, 0.2) is 7.85 Å². The van der Waals surface area contributed by atoms with Crippen molar-refractivity contribution in [3.05, 3.63) is 93.4 Å². The van der Waals surface area contributed by atoms with Crippen molar-refractivity contribution < 1.29 is 9.53 Å². The molecule has 0 aliphatic carbocycles. The largest absolute Gasteiger partial charge is 0.473 e. The zero-order valence-electron chi connectivity index (χ0n) is 20.5. The highest BCUT2D eigenvalue weighted by atomic mass is 35.5. The van der Waals surface area contributed by atoms with E-state index in [1.54, 1.807) is 6.07 Å². The molecule has 182 valence electrons. The Kier molecular flexibility index (Phi) is 8.74. The van der Waals surface area contributed by atoms with Crippen LogP contribution in [0.2, 0.25) is 5.02 Å². The van der Waals surface area contributed by atoms with E-state index in [1.807, 2.05) is 49.4 Å². The minimum absolute atomic E-state index is 0.290. The van der Waals surface area contributed by atoms with Crippen molar-refractivity contribution in [2.45, 2.75) is 26.9 Å². The topological polar surface area (TPSA) is 55.3 Å². The average Bonchev–Trinajstić information content (AvgIpc) is 2.85. The summed E-state index contributed by atoms with van der Waals surface area (Å²) in [4.78, 5) is 22.8. The first-order chi connectivity index (χ1) is 17.3. The lowest BCUT2D eigenvalue weighted by atomic mass is 9.98. The molecule has 1 atom stereocenters. The Morgan fingerprint density at radius 2 is 2.06 bits per heavy atom. The molecule has 3 aromatic rings. The number of carbonyl (C=O) groups is 1. The van der Waals surface area contributed by atoms with Crippen molar-refractivity contribution >= 4 is 51.3 Å². The van der Waals surface area contributed by atoms with Crippen molar-refractivity contribution in [1.29, 1.82) is 0 Å². The van der Waals surface area contributed by atoms with Crippen molar-refractivity contribution in [3.63, 3.8) is 0 Å². The number of aryl methyl sites for hydroxylation is 1. The highest BCUT2D eigenvalue weighted by Gasteiger charge is 2.15. The molecule has 3 heterocycles. The predicted molar refractivity (Wildman–Crippen MR) is 151 cm³/mol. The number of aromatic nitrogens is 2. The number of rotatable bonds is 8. The third kappa shape index (κ3) is 6.91. The first-order valence-electron chi connectivity index (χ1n) is 11.8. The van der Waals surface area contributed by atoms with Crippen molar-refractivity contribution in [3.8, 4) is 5.88 Å². The maximum Gasteiger partial charge on any atom is 0.214 e. The third-order valence-electron chi connectivity index (χ3n) is 6.08. The lowest BCUT2D eigenvalue weighted by Crippen LogP contribution is -2.30. The van der Waals surface area contributed by atoms with E-state index in [1.165, 1.54) is 11.1 Å². The number of ether oxygens (including phenoxy) is 1. The molecule has 1 unspecified atom stereocenters. The van der Waals surface area contributed by atoms with E-state index >= 15 is 0 Å². The first-order valence-corrected chi connectivity index (χ1v) is 12.7. The van der Waals surface area contributed by atoms with Gasteiger partial charge >= 0.3 is 0 Å². The fraction of sp³-hybridized carbons (Fsp3) is 0.250. The summed E-state index contributed by atoms with van der Waals surface area (Å²) in [6.45, 7) is 7.10. The van der Waals surface area contributed by atoms with Crippen LogP contribution in [0.5, 0.6) is 5.88 Å². The number of carbonyl (C=O) groups excluding carboxylic acids is 1. The number of benzene rings is 1. The molecule has 1 aromatic carbocycles. The van der Waals surface area contributed by atoms with E-state index in [-0.39, 0.29) is 5.69 Å². The van der Waals surface area contributed by atoms with E-state index in [4.69, 9.17) is 29.2 Å². The van der Waals surface area contributed by atoms with Gasteiger partial charge < -0.3 is 9.53 Å². The quantitative estimate of drug-likeness (QED) is 0.311. The molecule has 2 radical (unpaired) electrons. The second kappa shape index (κ2) is 12.0. The van der Waals surface area contributed by atoms with Gasteiger partial charge in [0, 0.05) is 36.4 Å². The van der Waals surface area contributed by atoms with Gasteiger partial charge in [0.25, 0.3) is 0 Å². The highest BCUT2D eigenvalue weighted by molar-refractivity contribution is 7.27. The van der Waals surface area contributed by atoms with Crippen LogP contribution in [0.4, 0.5) is 0 Å². The van der Waals surface area contributed by atoms with Crippen LogP contribution in [0.1, 0.15) is 46.3 Å². The minimum Gasteiger partial charge on any atom is -0.473 e. The molecule has 2 aromatic heterocycles. The van der Waals surface area contributed by atoms with Crippen molar-refractivity contribution in [2.75, 3.05) is 19.6 Å². The SMILES string of the molecule is [B]C(=O)c1ccc(/C=C(\C)CN2CC=C(c3cccc(OCc4ccc(Cl)cc4P)n3)CC2)c(C)n1. The summed E-state index contributed by atoms with van der Waals surface area (Å²) < 4.78 is 5.96. The van der Waals surface area contributed by atoms with E-state index in [0.29, 0.717) is 17.5 Å². The fourth-order valence-electron chi connectivity index (χ4n) is 4.14. The van der Waals surface area contributed by atoms with Gasteiger partial charge in [0.05, 0.1) is 11.4 Å². The van der Waals surface area contributed by atoms with Crippen LogP contribution in [0.3, 0.4) is 0 Å². The predicted octanol–water partition coefficient (Wildman–Crippen LogP) is 5.02. The summed E-state index contributed by atoms with van der Waals surface area (Å²) in [5.41, 5.74) is 6.05. The Morgan fingerprint density at radius 3 is 2.75 bits per heavy atom. The van der Waals surface area contributed by atoms with Crippen LogP contribution in [0.25, 0.3) is 11.6 Å². The number of halogens is 1.